The van der Waals surface area contributed by atoms with Gasteiger partial charge in [0.2, 0.25) is 0 Å². The molecule has 1 aromatic rings. The first-order valence-corrected chi connectivity index (χ1v) is 3.72. The van der Waals surface area contributed by atoms with E-state index in [0.717, 1.165) is 0 Å². The molecule has 1 aromatic heterocycles. The summed E-state index contributed by atoms with van der Waals surface area (Å²) in [5, 5.41) is 1.58. The van der Waals surface area contributed by atoms with Gasteiger partial charge in [0.05, 0.1) is 4.88 Å². The Morgan fingerprint density at radius 3 is 3.00 bits per heavy atom. The van der Waals surface area contributed by atoms with Crippen molar-refractivity contribution >= 4 is 17.4 Å². The highest BCUT2D eigenvalue weighted by Gasteiger charge is 2.04. The number of thiophene rings is 1. The van der Waals surface area contributed by atoms with Crippen LogP contribution in [0.25, 0.3) is 0 Å². The molecular weight excluding hydrogens is 169 g/mol. The molecule has 1 amide bonds. The topological polar surface area (TPSA) is 52.3 Å². The first-order valence-electron chi connectivity index (χ1n) is 2.84. The average Bonchev–Trinajstić information content (AvgIpc) is 2.31. The Kier molecular flexibility index (Phi) is 2.43. The molecule has 0 saturated heterocycles. The molecule has 0 aliphatic heterocycles. The van der Waals surface area contributed by atoms with E-state index in [2.05, 4.69) is 10.5 Å². The van der Waals surface area contributed by atoms with Gasteiger partial charge in [0.1, 0.15) is 12.4 Å². The molecule has 60 valence electrons. The minimum atomic E-state index is -0.891. The van der Waals surface area contributed by atoms with Gasteiger partial charge in [-0.2, -0.15) is 0 Å². The van der Waals surface area contributed by atoms with E-state index in [9.17, 15) is 9.18 Å². The summed E-state index contributed by atoms with van der Waals surface area (Å²) in [5.74, 6) is -0.365. The van der Waals surface area contributed by atoms with Gasteiger partial charge >= 0.3 is 6.09 Å². The van der Waals surface area contributed by atoms with E-state index < -0.39 is 6.09 Å². The molecule has 0 saturated carbocycles. The van der Waals surface area contributed by atoms with Crippen molar-refractivity contribution in [1.29, 1.82) is 0 Å². The molecule has 1 rings (SSSR count). The van der Waals surface area contributed by atoms with Crippen molar-refractivity contribution in [2.24, 2.45) is 5.73 Å². The monoisotopic (exact) mass is 175 g/mol. The Labute approximate surface area is 66.6 Å². The maximum atomic E-state index is 12.6. The molecule has 0 aliphatic carbocycles. The Morgan fingerprint density at radius 2 is 2.55 bits per heavy atom. The molecular formula is C6H6FNO2S. The number of carbonyl (C=O) groups is 1. The largest absolute Gasteiger partial charge is 0.444 e. The Bertz CT molecular complexity index is 261. The highest BCUT2D eigenvalue weighted by atomic mass is 32.1. The van der Waals surface area contributed by atoms with E-state index in [1.807, 2.05) is 0 Å². The number of rotatable bonds is 2. The van der Waals surface area contributed by atoms with Crippen LogP contribution >= 0.6 is 11.3 Å². The molecule has 3 nitrogen and oxygen atoms in total. The highest BCUT2D eigenvalue weighted by Crippen LogP contribution is 2.15. The molecule has 0 bridgehead atoms. The van der Waals surface area contributed by atoms with Crippen molar-refractivity contribution in [1.82, 2.24) is 0 Å². The van der Waals surface area contributed by atoms with Gasteiger partial charge in [-0.25, -0.2) is 9.18 Å². The smallest absolute Gasteiger partial charge is 0.404 e. The van der Waals surface area contributed by atoms with E-state index >= 15 is 0 Å². The lowest BCUT2D eigenvalue weighted by Gasteiger charge is -1.96. The molecule has 0 fully saturated rings. The fraction of sp³-hybridized carbons (Fsp3) is 0.167. The van der Waals surface area contributed by atoms with E-state index in [-0.39, 0.29) is 12.4 Å². The van der Waals surface area contributed by atoms with Crippen LogP contribution in [0, 0.1) is 5.82 Å². The SMILES string of the molecule is NC(=O)OCc1sccc1F. The second-order valence-corrected chi connectivity index (χ2v) is 2.80. The normalized spacial score (nSPS) is 9.55. The third-order valence-corrected chi connectivity index (χ3v) is 1.91. The van der Waals surface area contributed by atoms with Gasteiger partial charge in [0.25, 0.3) is 0 Å². The van der Waals surface area contributed by atoms with E-state index in [4.69, 9.17) is 0 Å². The summed E-state index contributed by atoms with van der Waals surface area (Å²) in [6.45, 7) is -0.0845. The maximum absolute atomic E-state index is 12.6. The van der Waals surface area contributed by atoms with Crippen LogP contribution in [-0.2, 0) is 11.3 Å². The highest BCUT2D eigenvalue weighted by molar-refractivity contribution is 7.09. The first-order chi connectivity index (χ1) is 5.20. The third-order valence-electron chi connectivity index (χ3n) is 1.04. The van der Waals surface area contributed by atoms with Crippen molar-refractivity contribution in [3.05, 3.63) is 22.1 Å². The first kappa shape index (κ1) is 8.00. The van der Waals surface area contributed by atoms with Crippen LogP contribution in [0.2, 0.25) is 0 Å². The van der Waals surface area contributed by atoms with E-state index in [1.54, 1.807) is 5.38 Å². The van der Waals surface area contributed by atoms with Crippen LogP contribution in [0.4, 0.5) is 9.18 Å². The van der Waals surface area contributed by atoms with Gasteiger partial charge in [-0.3, -0.25) is 0 Å². The summed E-state index contributed by atoms with van der Waals surface area (Å²) >= 11 is 1.18. The molecule has 0 aromatic carbocycles. The zero-order chi connectivity index (χ0) is 8.27. The molecule has 0 unspecified atom stereocenters. The van der Waals surface area contributed by atoms with Gasteiger partial charge < -0.3 is 10.5 Å². The van der Waals surface area contributed by atoms with Crippen LogP contribution in [0.3, 0.4) is 0 Å². The molecule has 5 heteroatoms. The zero-order valence-electron chi connectivity index (χ0n) is 5.54. The minimum absolute atomic E-state index is 0.0845. The predicted molar refractivity (Wildman–Crippen MR) is 38.6 cm³/mol. The van der Waals surface area contributed by atoms with E-state index in [0.29, 0.717) is 4.88 Å². The van der Waals surface area contributed by atoms with Crippen molar-refractivity contribution in [2.45, 2.75) is 6.61 Å². The van der Waals surface area contributed by atoms with Crippen molar-refractivity contribution in [3.63, 3.8) is 0 Å². The van der Waals surface area contributed by atoms with Crippen LogP contribution in [0.5, 0.6) is 0 Å². The summed E-state index contributed by atoms with van der Waals surface area (Å²) in [4.78, 5) is 10.5. The van der Waals surface area contributed by atoms with Gasteiger partial charge in [0.15, 0.2) is 0 Å². The number of ether oxygens (including phenoxy) is 1. The number of amides is 1. The Morgan fingerprint density at radius 1 is 1.82 bits per heavy atom. The second-order valence-electron chi connectivity index (χ2n) is 1.80. The summed E-state index contributed by atoms with van der Waals surface area (Å²) in [7, 11) is 0. The Hall–Kier alpha value is -1.10. The van der Waals surface area contributed by atoms with Crippen LogP contribution < -0.4 is 5.73 Å². The van der Waals surface area contributed by atoms with Gasteiger partial charge in [-0.05, 0) is 11.4 Å². The number of halogens is 1. The van der Waals surface area contributed by atoms with Gasteiger partial charge in [-0.1, -0.05) is 0 Å². The number of nitrogens with two attached hydrogens (primary N) is 1. The van der Waals surface area contributed by atoms with Gasteiger partial charge in [-0.15, -0.1) is 11.3 Å². The van der Waals surface area contributed by atoms with E-state index in [1.165, 1.54) is 17.4 Å². The zero-order valence-corrected chi connectivity index (χ0v) is 6.36. The van der Waals surface area contributed by atoms with Crippen molar-refractivity contribution in [3.8, 4) is 0 Å². The molecule has 11 heavy (non-hydrogen) atoms. The van der Waals surface area contributed by atoms with Crippen LogP contribution in [0.1, 0.15) is 4.88 Å². The number of primary amides is 1. The molecule has 2 N–H and O–H groups in total. The Balaban J connectivity index is 2.51. The molecule has 0 radical (unpaired) electrons. The number of hydrogen-bond acceptors (Lipinski definition) is 3. The maximum Gasteiger partial charge on any atom is 0.404 e. The fourth-order valence-electron chi connectivity index (χ4n) is 0.565. The molecule has 0 atom stereocenters. The lowest BCUT2D eigenvalue weighted by Crippen LogP contribution is -2.12. The summed E-state index contributed by atoms with van der Waals surface area (Å²) in [6, 6.07) is 1.31. The van der Waals surface area contributed by atoms with Crippen molar-refractivity contribution in [2.75, 3.05) is 0 Å². The predicted octanol–water partition coefficient (Wildman–Crippen LogP) is 1.48. The quantitative estimate of drug-likeness (QED) is 0.740. The third kappa shape index (κ3) is 2.19. The minimum Gasteiger partial charge on any atom is -0.444 e. The molecule has 0 spiro atoms. The van der Waals surface area contributed by atoms with Crippen LogP contribution in [-0.4, -0.2) is 6.09 Å². The summed E-state index contributed by atoms with van der Waals surface area (Å²) < 4.78 is 17.0. The standard InChI is InChI=1S/C6H6FNO2S/c7-4-1-2-11-5(4)3-10-6(8)9/h1-2H,3H2,(H2,8,9). The molecule has 1 heterocycles. The van der Waals surface area contributed by atoms with Gasteiger partial charge in [0, 0.05) is 0 Å². The second kappa shape index (κ2) is 3.34. The number of hydrogen-bond donors (Lipinski definition) is 1. The summed E-state index contributed by atoms with van der Waals surface area (Å²) in [6.07, 6.45) is -0.891. The summed E-state index contributed by atoms with van der Waals surface area (Å²) in [5.41, 5.74) is 4.68. The average molecular weight is 175 g/mol. The lowest BCUT2D eigenvalue weighted by molar-refractivity contribution is 0.150. The molecule has 0 aliphatic rings. The number of carbonyl (C=O) groups excluding carboxylic acids is 1. The van der Waals surface area contributed by atoms with Crippen LogP contribution in [0.15, 0.2) is 11.4 Å². The lowest BCUT2D eigenvalue weighted by atomic mass is 10.5. The fourth-order valence-corrected chi connectivity index (χ4v) is 1.22. The van der Waals surface area contributed by atoms with Crippen molar-refractivity contribution < 1.29 is 13.9 Å².